The maximum absolute atomic E-state index is 15.0. The molecule has 2 aromatic carbocycles. The van der Waals surface area contributed by atoms with Crippen molar-refractivity contribution < 1.29 is 23.1 Å². The highest BCUT2D eigenvalue weighted by molar-refractivity contribution is 6.40. The fraction of sp³-hybridized carbons (Fsp3) is 0.185. The number of para-hydroxylation sites is 1. The van der Waals surface area contributed by atoms with Crippen molar-refractivity contribution in [2.45, 2.75) is 0 Å². The Kier molecular flexibility index (Phi) is 7.59. The lowest BCUT2D eigenvalue weighted by atomic mass is 10.1. The Morgan fingerprint density at radius 3 is 2.35 bits per heavy atom. The zero-order chi connectivity index (χ0) is 28.6. The molecule has 1 aliphatic heterocycles. The molecule has 1 saturated heterocycles. The van der Waals surface area contributed by atoms with Gasteiger partial charge in [0, 0.05) is 38.4 Å². The molecule has 206 valence electrons. The summed E-state index contributed by atoms with van der Waals surface area (Å²) in [5, 5.41) is 2.88. The van der Waals surface area contributed by atoms with Crippen LogP contribution < -0.4 is 15.6 Å². The van der Waals surface area contributed by atoms with Gasteiger partial charge in [-0.05, 0) is 36.4 Å². The molecule has 2 aromatic heterocycles. The highest BCUT2D eigenvalue weighted by Crippen LogP contribution is 2.30. The van der Waals surface area contributed by atoms with Gasteiger partial charge in [-0.1, -0.05) is 29.3 Å². The molecule has 13 heteroatoms. The van der Waals surface area contributed by atoms with E-state index in [2.05, 4.69) is 10.3 Å². The van der Waals surface area contributed by atoms with Crippen LogP contribution in [0.2, 0.25) is 10.0 Å². The number of ether oxygens (including phenoxy) is 1. The summed E-state index contributed by atoms with van der Waals surface area (Å²) >= 11 is 12.3. The van der Waals surface area contributed by atoms with Crippen LogP contribution in [0.3, 0.4) is 0 Å². The summed E-state index contributed by atoms with van der Waals surface area (Å²) in [6, 6.07) is 10.7. The highest BCUT2D eigenvalue weighted by atomic mass is 35.5. The second-order valence-corrected chi connectivity index (χ2v) is 9.69. The van der Waals surface area contributed by atoms with Crippen LogP contribution in [0.1, 0.15) is 10.4 Å². The number of halogens is 4. The van der Waals surface area contributed by atoms with Crippen molar-refractivity contribution in [3.8, 4) is 5.69 Å². The second-order valence-electron chi connectivity index (χ2n) is 8.87. The average molecular weight is 588 g/mol. The summed E-state index contributed by atoms with van der Waals surface area (Å²) in [5.74, 6) is -2.09. The number of methoxy groups -OCH3 is 1. The number of piperazine rings is 1. The molecule has 2 amide bonds. The zero-order valence-corrected chi connectivity index (χ0v) is 22.5. The van der Waals surface area contributed by atoms with Crippen molar-refractivity contribution in [3.05, 3.63) is 92.2 Å². The number of nitrogens with one attached hydrogen (secondary N) is 1. The molecule has 40 heavy (non-hydrogen) atoms. The van der Waals surface area contributed by atoms with Gasteiger partial charge in [-0.3, -0.25) is 14.2 Å². The van der Waals surface area contributed by atoms with Gasteiger partial charge < -0.3 is 19.9 Å². The monoisotopic (exact) mass is 587 g/mol. The normalized spacial score (nSPS) is 13.4. The molecular weight excluding hydrogens is 567 g/mol. The minimum atomic E-state index is -0.927. The number of nitrogens with zero attached hydrogens (tertiary/aromatic N) is 4. The van der Waals surface area contributed by atoms with Gasteiger partial charge in [0.1, 0.15) is 23.0 Å². The molecule has 0 unspecified atom stereocenters. The Labute approximate surface area is 236 Å². The third kappa shape index (κ3) is 5.17. The predicted octanol–water partition coefficient (Wildman–Crippen LogP) is 5.11. The molecule has 0 saturated carbocycles. The first kappa shape index (κ1) is 27.4. The molecule has 5 rings (SSSR count). The molecule has 0 atom stereocenters. The van der Waals surface area contributed by atoms with E-state index in [-0.39, 0.29) is 38.0 Å². The van der Waals surface area contributed by atoms with E-state index in [0.29, 0.717) is 38.1 Å². The third-order valence-electron chi connectivity index (χ3n) is 6.49. The number of rotatable bonds is 4. The molecule has 0 aliphatic carbocycles. The van der Waals surface area contributed by atoms with Gasteiger partial charge in [0.05, 0.1) is 33.9 Å². The van der Waals surface area contributed by atoms with Gasteiger partial charge in [-0.25, -0.2) is 18.6 Å². The number of pyridine rings is 2. The quantitative estimate of drug-likeness (QED) is 0.356. The molecule has 0 bridgehead atoms. The van der Waals surface area contributed by atoms with Crippen molar-refractivity contribution in [1.29, 1.82) is 0 Å². The Hall–Kier alpha value is -4.22. The smallest absolute Gasteiger partial charge is 0.409 e. The Morgan fingerprint density at radius 1 is 1.00 bits per heavy atom. The van der Waals surface area contributed by atoms with E-state index in [1.165, 1.54) is 35.9 Å². The third-order valence-corrected chi connectivity index (χ3v) is 7.12. The number of carbonyl (C=O) groups excluding carboxylic acids is 2. The van der Waals surface area contributed by atoms with Crippen LogP contribution in [0.4, 0.5) is 25.1 Å². The van der Waals surface area contributed by atoms with Crippen molar-refractivity contribution >= 4 is 57.7 Å². The van der Waals surface area contributed by atoms with Gasteiger partial charge in [0.25, 0.3) is 5.91 Å². The molecule has 1 N–H and O–H groups in total. The van der Waals surface area contributed by atoms with Crippen molar-refractivity contribution in [1.82, 2.24) is 14.5 Å². The number of amides is 2. The van der Waals surface area contributed by atoms with Gasteiger partial charge in [-0.2, -0.15) is 0 Å². The summed E-state index contributed by atoms with van der Waals surface area (Å²) in [5.41, 5.74) is -0.973. The minimum absolute atomic E-state index is 0.0265. The Morgan fingerprint density at radius 2 is 1.70 bits per heavy atom. The zero-order valence-electron chi connectivity index (χ0n) is 21.0. The molecule has 0 spiro atoms. The minimum Gasteiger partial charge on any atom is -0.453 e. The average Bonchev–Trinajstić information content (AvgIpc) is 2.95. The fourth-order valence-corrected chi connectivity index (χ4v) is 4.93. The second kappa shape index (κ2) is 11.1. The summed E-state index contributed by atoms with van der Waals surface area (Å²) in [6.07, 6.45) is 0.711. The first-order valence-electron chi connectivity index (χ1n) is 12.0. The summed E-state index contributed by atoms with van der Waals surface area (Å²) in [4.78, 5) is 46.7. The summed E-state index contributed by atoms with van der Waals surface area (Å²) < 4.78 is 34.7. The van der Waals surface area contributed by atoms with Gasteiger partial charge in [-0.15, -0.1) is 0 Å². The highest BCUT2D eigenvalue weighted by Gasteiger charge is 2.25. The molecule has 0 radical (unpaired) electrons. The lowest BCUT2D eigenvalue weighted by molar-refractivity contribution is 0.102. The van der Waals surface area contributed by atoms with E-state index in [4.69, 9.17) is 27.9 Å². The van der Waals surface area contributed by atoms with Crippen LogP contribution in [0, 0.1) is 11.6 Å². The summed E-state index contributed by atoms with van der Waals surface area (Å²) in [7, 11) is 1.31. The van der Waals surface area contributed by atoms with Crippen LogP contribution in [0.15, 0.2) is 59.5 Å². The van der Waals surface area contributed by atoms with Crippen LogP contribution in [0.5, 0.6) is 0 Å². The number of carbonyl (C=O) groups is 2. The van der Waals surface area contributed by atoms with Crippen LogP contribution in [-0.4, -0.2) is 59.7 Å². The van der Waals surface area contributed by atoms with E-state index in [1.54, 1.807) is 17.0 Å². The lowest BCUT2D eigenvalue weighted by Gasteiger charge is -2.34. The van der Waals surface area contributed by atoms with Crippen LogP contribution in [0.25, 0.3) is 16.7 Å². The number of hydrogen-bond acceptors (Lipinski definition) is 6. The van der Waals surface area contributed by atoms with E-state index in [9.17, 15) is 23.2 Å². The number of fused-ring (bicyclic) bond motifs is 1. The molecule has 9 nitrogen and oxygen atoms in total. The number of aromatic nitrogens is 2. The van der Waals surface area contributed by atoms with E-state index in [1.807, 2.05) is 4.90 Å². The molecule has 1 fully saturated rings. The predicted molar refractivity (Wildman–Crippen MR) is 148 cm³/mol. The number of hydrogen-bond donors (Lipinski definition) is 1. The van der Waals surface area contributed by atoms with Gasteiger partial charge in [0.2, 0.25) is 5.43 Å². The Bertz CT molecular complexity index is 1690. The summed E-state index contributed by atoms with van der Waals surface area (Å²) in [6.45, 7) is 1.63. The lowest BCUT2D eigenvalue weighted by Crippen LogP contribution is -2.49. The SMILES string of the molecule is COC(=O)N1CCN(c2ccc3c(=O)c(C(=O)Nc4c(Cl)cccc4Cl)cn(-c4ccc(F)cc4F)c3n2)CC1. The first-order valence-corrected chi connectivity index (χ1v) is 12.8. The van der Waals surface area contributed by atoms with Crippen molar-refractivity contribution in [2.75, 3.05) is 43.5 Å². The first-order chi connectivity index (χ1) is 19.2. The number of anilines is 2. The van der Waals surface area contributed by atoms with E-state index >= 15 is 0 Å². The molecule has 4 aromatic rings. The van der Waals surface area contributed by atoms with Crippen LogP contribution >= 0.6 is 23.2 Å². The van der Waals surface area contributed by atoms with Crippen molar-refractivity contribution in [2.24, 2.45) is 0 Å². The standard InChI is InChI=1S/C27H21Cl2F2N5O4/c1-40-27(39)35-11-9-34(10-12-35)22-8-6-16-24(37)17(26(38)33-23-18(28)3-2-4-19(23)29)14-36(25(16)32-22)21-7-5-15(30)13-20(21)31/h2-8,13-14H,9-12H2,1H3,(H,33,38). The maximum atomic E-state index is 15.0. The maximum Gasteiger partial charge on any atom is 0.409 e. The van der Waals surface area contributed by atoms with Crippen molar-refractivity contribution in [3.63, 3.8) is 0 Å². The van der Waals surface area contributed by atoms with Gasteiger partial charge >= 0.3 is 6.09 Å². The molecule has 3 heterocycles. The van der Waals surface area contributed by atoms with Crippen LogP contribution in [-0.2, 0) is 4.74 Å². The molecule has 1 aliphatic rings. The fourth-order valence-electron chi connectivity index (χ4n) is 4.44. The molecular formula is C27H21Cl2F2N5O4. The topological polar surface area (TPSA) is 96.8 Å². The number of benzene rings is 2. The van der Waals surface area contributed by atoms with Gasteiger partial charge in [0.15, 0.2) is 5.65 Å². The van der Waals surface area contributed by atoms with E-state index in [0.717, 1.165) is 12.3 Å². The van der Waals surface area contributed by atoms with E-state index < -0.39 is 29.1 Å². The Balaban J connectivity index is 1.61. The largest absolute Gasteiger partial charge is 0.453 e.